The zero-order valence-electron chi connectivity index (χ0n) is 18.5. The molecule has 5 nitrogen and oxygen atoms in total. The molecule has 3 rings (SSSR count). The number of nitrogens with one attached hydrogen (secondary N) is 2. The van der Waals surface area contributed by atoms with Gasteiger partial charge in [0.05, 0.1) is 6.04 Å². The molecule has 0 aliphatic carbocycles. The van der Waals surface area contributed by atoms with Crippen LogP contribution in [0.3, 0.4) is 0 Å². The quantitative estimate of drug-likeness (QED) is 0.325. The van der Waals surface area contributed by atoms with Crippen molar-refractivity contribution >= 4 is 35.6 Å². The number of rotatable bonds is 7. The lowest BCUT2D eigenvalue weighted by Gasteiger charge is -2.31. The first-order valence-corrected chi connectivity index (χ1v) is 11.2. The van der Waals surface area contributed by atoms with E-state index in [-0.39, 0.29) is 30.0 Å². The van der Waals surface area contributed by atoms with Crippen LogP contribution in [-0.4, -0.2) is 57.2 Å². The van der Waals surface area contributed by atoms with Crippen molar-refractivity contribution in [2.24, 2.45) is 10.9 Å². The molecule has 0 bridgehead atoms. The lowest BCUT2D eigenvalue weighted by molar-refractivity contribution is 0.187. The molecule has 2 saturated heterocycles. The van der Waals surface area contributed by atoms with E-state index in [0.29, 0.717) is 0 Å². The van der Waals surface area contributed by atoms with Crippen LogP contribution in [0.5, 0.6) is 0 Å². The molecule has 1 unspecified atom stereocenters. The second-order valence-corrected chi connectivity index (χ2v) is 8.32. The summed E-state index contributed by atoms with van der Waals surface area (Å²) >= 11 is 0. The average molecular weight is 514 g/mol. The average Bonchev–Trinajstić information content (AvgIpc) is 3.28. The predicted octanol–water partition coefficient (Wildman–Crippen LogP) is 4.25. The van der Waals surface area contributed by atoms with Crippen molar-refractivity contribution in [3.63, 3.8) is 0 Å². The summed E-state index contributed by atoms with van der Waals surface area (Å²) in [5.41, 5.74) is 2.67. The number of likely N-dealkylation sites (tertiary alicyclic amines) is 1. The van der Waals surface area contributed by atoms with E-state index >= 15 is 0 Å². The van der Waals surface area contributed by atoms with Crippen molar-refractivity contribution in [1.29, 1.82) is 0 Å². The zero-order chi connectivity index (χ0) is 19.8. The Morgan fingerprint density at radius 2 is 1.90 bits per heavy atom. The summed E-state index contributed by atoms with van der Waals surface area (Å²) in [7, 11) is 1.86. The first-order valence-electron chi connectivity index (χ1n) is 11.2. The summed E-state index contributed by atoms with van der Waals surface area (Å²) in [4.78, 5) is 9.49. The summed E-state index contributed by atoms with van der Waals surface area (Å²) in [6, 6.07) is 9.20. The molecule has 2 aliphatic rings. The smallest absolute Gasteiger partial charge is 0.191 e. The highest BCUT2D eigenvalue weighted by Crippen LogP contribution is 2.24. The van der Waals surface area contributed by atoms with Crippen molar-refractivity contribution in [3.05, 3.63) is 29.8 Å². The summed E-state index contributed by atoms with van der Waals surface area (Å²) < 4.78 is 0. The van der Waals surface area contributed by atoms with E-state index in [1.165, 1.54) is 76.1 Å². The van der Waals surface area contributed by atoms with Gasteiger partial charge in [0.2, 0.25) is 0 Å². The van der Waals surface area contributed by atoms with Crippen LogP contribution in [0.2, 0.25) is 0 Å². The van der Waals surface area contributed by atoms with Gasteiger partial charge in [-0.2, -0.15) is 0 Å². The lowest BCUT2D eigenvalue weighted by Crippen LogP contribution is -2.40. The molecular weight excluding hydrogens is 473 g/mol. The van der Waals surface area contributed by atoms with Gasteiger partial charge in [0.15, 0.2) is 5.96 Å². The minimum Gasteiger partial charge on any atom is -0.372 e. The van der Waals surface area contributed by atoms with Gasteiger partial charge in [-0.3, -0.25) is 4.99 Å². The molecule has 0 aromatic heterocycles. The Hall–Kier alpha value is -1.02. The minimum absolute atomic E-state index is 0. The fraction of sp³-hybridized carbons (Fsp3) is 0.696. The van der Waals surface area contributed by atoms with Gasteiger partial charge in [-0.1, -0.05) is 19.1 Å². The summed E-state index contributed by atoms with van der Waals surface area (Å²) in [6.45, 7) is 11.6. The van der Waals surface area contributed by atoms with Crippen LogP contribution in [0.25, 0.3) is 0 Å². The number of anilines is 1. The molecule has 2 fully saturated rings. The highest BCUT2D eigenvalue weighted by Gasteiger charge is 2.18. The molecule has 6 heteroatoms. The van der Waals surface area contributed by atoms with E-state index in [4.69, 9.17) is 0 Å². The monoisotopic (exact) mass is 513 g/mol. The van der Waals surface area contributed by atoms with E-state index in [2.05, 4.69) is 63.5 Å². The highest BCUT2D eigenvalue weighted by molar-refractivity contribution is 14.0. The Balaban J connectivity index is 0.00000300. The molecule has 1 atom stereocenters. The van der Waals surface area contributed by atoms with Crippen molar-refractivity contribution in [3.8, 4) is 0 Å². The Morgan fingerprint density at radius 3 is 2.55 bits per heavy atom. The number of nitrogens with zero attached hydrogens (tertiary/aromatic N) is 3. The van der Waals surface area contributed by atoms with Gasteiger partial charge in [-0.15, -0.1) is 24.0 Å². The molecule has 29 heavy (non-hydrogen) atoms. The summed E-state index contributed by atoms with van der Waals surface area (Å²) in [5, 5.41) is 7.09. The van der Waals surface area contributed by atoms with Crippen LogP contribution >= 0.6 is 24.0 Å². The van der Waals surface area contributed by atoms with Crippen LogP contribution in [0.15, 0.2) is 29.3 Å². The first kappa shape index (κ1) is 24.3. The lowest BCUT2D eigenvalue weighted by atomic mass is 9.93. The third-order valence-electron chi connectivity index (χ3n) is 6.42. The molecular formula is C23H40IN5. The Morgan fingerprint density at radius 1 is 1.17 bits per heavy atom. The first-order chi connectivity index (χ1) is 13.7. The van der Waals surface area contributed by atoms with Crippen LogP contribution in [0, 0.1) is 5.92 Å². The molecule has 2 N–H and O–H groups in total. The van der Waals surface area contributed by atoms with Gasteiger partial charge in [0.25, 0.3) is 0 Å². The highest BCUT2D eigenvalue weighted by atomic mass is 127. The van der Waals surface area contributed by atoms with Crippen LogP contribution < -0.4 is 15.5 Å². The number of piperidine rings is 1. The number of benzene rings is 1. The molecule has 164 valence electrons. The van der Waals surface area contributed by atoms with Gasteiger partial charge in [-0.25, -0.2) is 0 Å². The molecule has 2 aliphatic heterocycles. The molecule has 0 saturated carbocycles. The standard InChI is InChI=1S/C23H39N5.HI/c1-4-27-16-11-20(12-17-27)10-13-25-23(24-3)26-19(2)21-8-7-9-22(18-21)28-14-5-6-15-28;/h7-9,18-20H,4-6,10-17H2,1-3H3,(H2,24,25,26);1H. The van der Waals surface area contributed by atoms with Gasteiger partial charge in [0, 0.05) is 32.4 Å². The van der Waals surface area contributed by atoms with Gasteiger partial charge >= 0.3 is 0 Å². The van der Waals surface area contributed by atoms with Crippen LogP contribution in [0.1, 0.15) is 57.6 Å². The van der Waals surface area contributed by atoms with E-state index in [9.17, 15) is 0 Å². The van der Waals surface area contributed by atoms with Crippen LogP contribution in [-0.2, 0) is 0 Å². The van der Waals surface area contributed by atoms with Gasteiger partial charge < -0.3 is 20.4 Å². The largest absolute Gasteiger partial charge is 0.372 e. The third kappa shape index (κ3) is 7.31. The molecule has 1 aromatic rings. The molecule has 0 spiro atoms. The normalized spacial score (nSPS) is 19.7. The maximum Gasteiger partial charge on any atom is 0.191 e. The zero-order valence-corrected chi connectivity index (χ0v) is 20.8. The third-order valence-corrected chi connectivity index (χ3v) is 6.42. The van der Waals surface area contributed by atoms with Crippen molar-refractivity contribution in [2.45, 2.75) is 52.0 Å². The second-order valence-electron chi connectivity index (χ2n) is 8.32. The Labute approximate surface area is 194 Å². The fourth-order valence-electron chi connectivity index (χ4n) is 4.44. The number of aliphatic imine (C=N–C) groups is 1. The number of hydrogen-bond donors (Lipinski definition) is 2. The molecule has 1 aromatic carbocycles. The van der Waals surface area contributed by atoms with Crippen molar-refractivity contribution in [2.75, 3.05) is 51.2 Å². The van der Waals surface area contributed by atoms with Gasteiger partial charge in [-0.05, 0) is 82.3 Å². The van der Waals surface area contributed by atoms with Crippen molar-refractivity contribution in [1.82, 2.24) is 15.5 Å². The topological polar surface area (TPSA) is 42.9 Å². The Kier molecular flexibility index (Phi) is 10.6. The predicted molar refractivity (Wildman–Crippen MR) is 136 cm³/mol. The van der Waals surface area contributed by atoms with E-state index in [0.717, 1.165) is 18.4 Å². The van der Waals surface area contributed by atoms with E-state index < -0.39 is 0 Å². The fourth-order valence-corrected chi connectivity index (χ4v) is 4.44. The molecule has 2 heterocycles. The molecule has 0 radical (unpaired) electrons. The maximum absolute atomic E-state index is 4.44. The van der Waals surface area contributed by atoms with Crippen LogP contribution in [0.4, 0.5) is 5.69 Å². The van der Waals surface area contributed by atoms with E-state index in [1.54, 1.807) is 0 Å². The van der Waals surface area contributed by atoms with Crippen molar-refractivity contribution < 1.29 is 0 Å². The number of guanidine groups is 1. The maximum atomic E-state index is 4.44. The Bertz CT molecular complexity index is 621. The molecule has 0 amide bonds. The summed E-state index contributed by atoms with van der Waals surface area (Å²) in [5.74, 6) is 1.76. The summed E-state index contributed by atoms with van der Waals surface area (Å²) in [6.07, 6.45) is 6.53. The number of halogens is 1. The number of hydrogen-bond acceptors (Lipinski definition) is 3. The van der Waals surface area contributed by atoms with Gasteiger partial charge in [0.1, 0.15) is 0 Å². The SMILES string of the molecule is CCN1CCC(CCNC(=NC)NC(C)c2cccc(N3CCCC3)c2)CC1.I. The minimum atomic E-state index is 0. The van der Waals surface area contributed by atoms with E-state index in [1.807, 2.05) is 7.05 Å². The second kappa shape index (κ2) is 12.6.